The standard InChI is InChI=1S/C8H16O2/c9-6-5-8(10)7-3-1-2-4-7/h7-10H,1-6H2/t8-/m1/s1. The van der Waals surface area contributed by atoms with Crippen LogP contribution in [-0.2, 0) is 0 Å². The van der Waals surface area contributed by atoms with E-state index in [9.17, 15) is 5.11 Å². The second-order valence-electron chi connectivity index (χ2n) is 3.12. The van der Waals surface area contributed by atoms with Gasteiger partial charge in [0.1, 0.15) is 0 Å². The van der Waals surface area contributed by atoms with Gasteiger partial charge in [0.2, 0.25) is 0 Å². The molecule has 0 aliphatic heterocycles. The molecule has 1 atom stereocenters. The van der Waals surface area contributed by atoms with Gasteiger partial charge in [-0.15, -0.1) is 0 Å². The monoisotopic (exact) mass is 144 g/mol. The lowest BCUT2D eigenvalue weighted by molar-refractivity contribution is 0.0812. The highest BCUT2D eigenvalue weighted by Crippen LogP contribution is 2.28. The third-order valence-corrected chi connectivity index (χ3v) is 2.37. The van der Waals surface area contributed by atoms with Gasteiger partial charge >= 0.3 is 0 Å². The lowest BCUT2D eigenvalue weighted by Gasteiger charge is -2.15. The smallest absolute Gasteiger partial charge is 0.0590 e. The predicted octanol–water partition coefficient (Wildman–Crippen LogP) is 0.920. The van der Waals surface area contributed by atoms with Crippen LogP contribution < -0.4 is 0 Å². The van der Waals surface area contributed by atoms with E-state index in [1.807, 2.05) is 0 Å². The van der Waals surface area contributed by atoms with Crippen LogP contribution in [0.4, 0.5) is 0 Å². The van der Waals surface area contributed by atoms with E-state index < -0.39 is 0 Å². The summed E-state index contributed by atoms with van der Waals surface area (Å²) in [5.74, 6) is 0.479. The molecule has 0 radical (unpaired) electrons. The molecule has 60 valence electrons. The molecule has 0 aromatic carbocycles. The minimum absolute atomic E-state index is 0.123. The molecule has 0 amide bonds. The maximum absolute atomic E-state index is 9.39. The van der Waals surface area contributed by atoms with E-state index in [1.165, 1.54) is 12.8 Å². The highest BCUT2D eigenvalue weighted by molar-refractivity contribution is 4.73. The maximum atomic E-state index is 9.39. The van der Waals surface area contributed by atoms with E-state index in [4.69, 9.17) is 5.11 Å². The summed E-state index contributed by atoms with van der Waals surface area (Å²) >= 11 is 0. The zero-order chi connectivity index (χ0) is 7.40. The lowest BCUT2D eigenvalue weighted by Crippen LogP contribution is -2.18. The Labute approximate surface area is 61.9 Å². The van der Waals surface area contributed by atoms with Crippen LogP contribution in [-0.4, -0.2) is 22.9 Å². The SMILES string of the molecule is OCC[C@@H](O)C1CCCC1. The molecule has 0 aromatic rings. The van der Waals surface area contributed by atoms with Crippen molar-refractivity contribution >= 4 is 0 Å². The molecule has 0 saturated heterocycles. The molecule has 1 aliphatic rings. The van der Waals surface area contributed by atoms with E-state index >= 15 is 0 Å². The fourth-order valence-corrected chi connectivity index (χ4v) is 1.71. The first-order valence-electron chi connectivity index (χ1n) is 4.13. The number of hydrogen-bond acceptors (Lipinski definition) is 2. The van der Waals surface area contributed by atoms with Gasteiger partial charge in [-0.1, -0.05) is 12.8 Å². The average Bonchev–Trinajstić information content (AvgIpc) is 2.38. The topological polar surface area (TPSA) is 40.5 Å². The van der Waals surface area contributed by atoms with Gasteiger partial charge in [-0.3, -0.25) is 0 Å². The first kappa shape index (κ1) is 8.02. The van der Waals surface area contributed by atoms with Crippen LogP contribution in [0.15, 0.2) is 0 Å². The van der Waals surface area contributed by atoms with Crippen molar-refractivity contribution in [1.82, 2.24) is 0 Å². The summed E-state index contributed by atoms with van der Waals surface area (Å²) in [6.45, 7) is 0.123. The number of hydrogen-bond donors (Lipinski definition) is 2. The molecule has 1 aliphatic carbocycles. The van der Waals surface area contributed by atoms with Crippen LogP contribution in [0, 0.1) is 5.92 Å². The molecule has 10 heavy (non-hydrogen) atoms. The predicted molar refractivity (Wildman–Crippen MR) is 39.7 cm³/mol. The maximum Gasteiger partial charge on any atom is 0.0590 e. The second kappa shape index (κ2) is 3.94. The molecule has 0 heterocycles. The minimum atomic E-state index is -0.243. The molecule has 0 spiro atoms. The zero-order valence-corrected chi connectivity index (χ0v) is 6.29. The van der Waals surface area contributed by atoms with Crippen LogP contribution in [0.25, 0.3) is 0 Å². The van der Waals surface area contributed by atoms with E-state index in [0.717, 1.165) is 12.8 Å². The molecule has 0 aromatic heterocycles. The fourth-order valence-electron chi connectivity index (χ4n) is 1.71. The molecular formula is C8H16O2. The van der Waals surface area contributed by atoms with E-state index in [-0.39, 0.29) is 12.7 Å². The largest absolute Gasteiger partial charge is 0.396 e. The summed E-state index contributed by atoms with van der Waals surface area (Å²) in [5, 5.41) is 17.9. The molecule has 1 fully saturated rings. The molecule has 2 heteroatoms. The molecular weight excluding hydrogens is 128 g/mol. The minimum Gasteiger partial charge on any atom is -0.396 e. The van der Waals surface area contributed by atoms with Gasteiger partial charge in [-0.2, -0.15) is 0 Å². The molecule has 1 saturated carbocycles. The lowest BCUT2D eigenvalue weighted by atomic mass is 9.99. The number of rotatable bonds is 3. The van der Waals surface area contributed by atoms with Crippen LogP contribution in [0.1, 0.15) is 32.1 Å². The quantitative estimate of drug-likeness (QED) is 0.618. The summed E-state index contributed by atoms with van der Waals surface area (Å²) < 4.78 is 0. The Bertz CT molecular complexity index is 87.3. The van der Waals surface area contributed by atoms with Gasteiger partial charge < -0.3 is 10.2 Å². The van der Waals surface area contributed by atoms with Crippen LogP contribution in [0.5, 0.6) is 0 Å². The van der Waals surface area contributed by atoms with Gasteiger partial charge in [0, 0.05) is 6.61 Å². The van der Waals surface area contributed by atoms with Crippen LogP contribution in [0.3, 0.4) is 0 Å². The van der Waals surface area contributed by atoms with Crippen LogP contribution in [0.2, 0.25) is 0 Å². The Morgan fingerprint density at radius 2 is 1.90 bits per heavy atom. The van der Waals surface area contributed by atoms with Gasteiger partial charge in [-0.05, 0) is 25.2 Å². The number of aliphatic hydroxyl groups excluding tert-OH is 2. The van der Waals surface area contributed by atoms with E-state index in [2.05, 4.69) is 0 Å². The van der Waals surface area contributed by atoms with Crippen molar-refractivity contribution in [1.29, 1.82) is 0 Å². The summed E-state index contributed by atoms with van der Waals surface area (Å²) in [6.07, 6.45) is 5.14. The Morgan fingerprint density at radius 3 is 2.40 bits per heavy atom. The van der Waals surface area contributed by atoms with Gasteiger partial charge in [-0.25, -0.2) is 0 Å². The highest BCUT2D eigenvalue weighted by Gasteiger charge is 2.22. The molecule has 2 nitrogen and oxygen atoms in total. The first-order chi connectivity index (χ1) is 4.84. The van der Waals surface area contributed by atoms with E-state index in [0.29, 0.717) is 12.3 Å². The molecule has 0 unspecified atom stereocenters. The number of aliphatic hydroxyl groups is 2. The van der Waals surface area contributed by atoms with Gasteiger partial charge in [0.15, 0.2) is 0 Å². The third-order valence-electron chi connectivity index (χ3n) is 2.37. The van der Waals surface area contributed by atoms with E-state index in [1.54, 1.807) is 0 Å². The molecule has 1 rings (SSSR count). The summed E-state index contributed by atoms with van der Waals surface area (Å²) in [5.41, 5.74) is 0. The Morgan fingerprint density at radius 1 is 1.30 bits per heavy atom. The second-order valence-corrected chi connectivity index (χ2v) is 3.12. The summed E-state index contributed by atoms with van der Waals surface area (Å²) in [4.78, 5) is 0. The molecule has 2 N–H and O–H groups in total. The normalized spacial score (nSPS) is 23.4. The Kier molecular flexibility index (Phi) is 3.16. The fraction of sp³-hybridized carbons (Fsp3) is 1.00. The first-order valence-corrected chi connectivity index (χ1v) is 4.13. The van der Waals surface area contributed by atoms with Gasteiger partial charge in [0.25, 0.3) is 0 Å². The summed E-state index contributed by atoms with van der Waals surface area (Å²) in [6, 6.07) is 0. The highest BCUT2D eigenvalue weighted by atomic mass is 16.3. The zero-order valence-electron chi connectivity index (χ0n) is 6.29. The Hall–Kier alpha value is -0.0800. The van der Waals surface area contributed by atoms with Crippen LogP contribution >= 0.6 is 0 Å². The third kappa shape index (κ3) is 1.96. The van der Waals surface area contributed by atoms with Crippen molar-refractivity contribution in [3.63, 3.8) is 0 Å². The van der Waals surface area contributed by atoms with Crippen molar-refractivity contribution in [2.24, 2.45) is 5.92 Å². The van der Waals surface area contributed by atoms with Crippen molar-refractivity contribution in [2.45, 2.75) is 38.2 Å². The van der Waals surface area contributed by atoms with Crippen molar-refractivity contribution in [3.05, 3.63) is 0 Å². The van der Waals surface area contributed by atoms with Crippen molar-refractivity contribution in [2.75, 3.05) is 6.61 Å². The molecule has 0 bridgehead atoms. The van der Waals surface area contributed by atoms with Crippen molar-refractivity contribution in [3.8, 4) is 0 Å². The summed E-state index contributed by atoms with van der Waals surface area (Å²) in [7, 11) is 0. The van der Waals surface area contributed by atoms with Gasteiger partial charge in [0.05, 0.1) is 6.10 Å². The Balaban J connectivity index is 2.18. The van der Waals surface area contributed by atoms with Crippen molar-refractivity contribution < 1.29 is 10.2 Å². The average molecular weight is 144 g/mol.